The number of fused-ring (bicyclic) bond motifs is 1. The van der Waals surface area contributed by atoms with E-state index in [-0.39, 0.29) is 16.9 Å². The number of aromatic hydroxyl groups is 1. The van der Waals surface area contributed by atoms with Crippen molar-refractivity contribution in [3.05, 3.63) is 51.9 Å². The van der Waals surface area contributed by atoms with Crippen LogP contribution < -0.4 is 0 Å². The highest BCUT2D eigenvalue weighted by molar-refractivity contribution is 14.1. The van der Waals surface area contributed by atoms with Crippen LogP contribution in [-0.4, -0.2) is 24.0 Å². The number of hydrogen-bond acceptors (Lipinski definition) is 5. The number of halogens is 8. The number of esters is 1. The first-order chi connectivity index (χ1) is 13.1. The van der Waals surface area contributed by atoms with Crippen molar-refractivity contribution >= 4 is 170 Å². The van der Waals surface area contributed by atoms with Gasteiger partial charge < -0.3 is 9.84 Å². The van der Waals surface area contributed by atoms with Gasteiger partial charge in [-0.25, -0.2) is 4.79 Å². The Morgan fingerprint density at radius 1 is 0.966 bits per heavy atom. The van der Waals surface area contributed by atoms with Crippen LogP contribution in [0.2, 0.25) is 0 Å². The Kier molecular flexibility index (Phi) is 9.92. The van der Waals surface area contributed by atoms with Crippen molar-refractivity contribution in [1.29, 1.82) is 0 Å². The summed E-state index contributed by atoms with van der Waals surface area (Å²) in [5.74, 6) is -0.545. The van der Waals surface area contributed by atoms with Crippen LogP contribution in [0, 0.1) is 10.7 Å². The third-order valence-corrected chi connectivity index (χ3v) is 16.5. The fraction of sp³-hybridized carbons (Fsp3) is 0.0714. The summed E-state index contributed by atoms with van der Waals surface area (Å²) in [5, 5.41) is 9.28. The Bertz CT molecular complexity index is 1120. The maximum atomic E-state index is 11.7. The monoisotopic (exact) mass is 1120 g/mol. The van der Waals surface area contributed by atoms with E-state index in [1.165, 1.54) is 22.6 Å². The highest BCUT2D eigenvalue weighted by Crippen LogP contribution is 2.49. The second kappa shape index (κ2) is 10.4. The minimum absolute atomic E-state index is 0.177. The predicted molar refractivity (Wildman–Crippen MR) is 156 cm³/mol. The Balaban J connectivity index is 0.000000234. The van der Waals surface area contributed by atoms with E-state index in [1.807, 2.05) is 22.6 Å². The highest BCUT2D eigenvalue weighted by Gasteiger charge is 2.55. The minimum atomic E-state index is -4.57. The van der Waals surface area contributed by atoms with Gasteiger partial charge in [0.05, 0.1) is 20.1 Å². The van der Waals surface area contributed by atoms with Crippen molar-refractivity contribution in [3.8, 4) is 5.75 Å². The minimum Gasteiger partial charge on any atom is -0.507 e. The van der Waals surface area contributed by atoms with Gasteiger partial charge in [0.25, 0.3) is 0 Å². The smallest absolute Gasteiger partial charge is 0.341 e. The van der Waals surface area contributed by atoms with Crippen molar-refractivity contribution in [2.75, 3.05) is 0 Å². The zero-order chi connectivity index (χ0) is 22.5. The van der Waals surface area contributed by atoms with E-state index in [0.29, 0.717) is 8.04 Å². The summed E-state index contributed by atoms with van der Waals surface area (Å²) in [6, 6.07) is 3.17. The number of phenolic OH excluding ortho intramolecular Hbond substituents is 1. The maximum absolute atomic E-state index is 11.7. The molecule has 1 aliphatic heterocycles. The number of cyclic esters (lactones) is 1. The molecule has 6 nitrogen and oxygen atoms in total. The van der Waals surface area contributed by atoms with Crippen LogP contribution in [-0.2, 0) is 17.8 Å². The summed E-state index contributed by atoms with van der Waals surface area (Å²) in [6.45, 7) is 0. The zero-order valence-corrected chi connectivity index (χ0v) is 28.9. The number of carbonyl (C=O) groups is 1. The van der Waals surface area contributed by atoms with E-state index in [2.05, 4.69) is 109 Å². The van der Waals surface area contributed by atoms with Gasteiger partial charge in [-0.1, -0.05) is 0 Å². The van der Waals surface area contributed by atoms with Crippen molar-refractivity contribution in [3.63, 3.8) is 0 Å². The molecule has 0 aromatic heterocycles. The number of hydrogen-bond donors (Lipinski definition) is 2. The van der Waals surface area contributed by atoms with E-state index < -0.39 is 19.0 Å². The fourth-order valence-electron chi connectivity index (χ4n) is 2.02. The Morgan fingerprint density at radius 3 is 2.03 bits per heavy atom. The molecule has 158 valence electrons. The third kappa shape index (κ3) is 5.59. The average molecular weight is 1130 g/mol. The maximum Gasteiger partial charge on any atom is 0.341 e. The Labute approximate surface area is 253 Å². The molecule has 1 heterocycles. The molecular weight excluding hydrogens is 1120 g/mol. The predicted octanol–water partition coefficient (Wildman–Crippen LogP) is 7.55. The van der Waals surface area contributed by atoms with Crippen LogP contribution in [0.3, 0.4) is 0 Å². The molecule has 1 atom stereocenters. The summed E-state index contributed by atoms with van der Waals surface area (Å²) in [4.78, 5) is 11.7. The van der Waals surface area contributed by atoms with Crippen LogP contribution in [0.15, 0.2) is 30.0 Å². The molecule has 0 saturated heterocycles. The lowest BCUT2D eigenvalue weighted by Crippen LogP contribution is -2.29. The first-order valence-electron chi connectivity index (χ1n) is 6.72. The second-order valence-corrected chi connectivity index (χ2v) is 15.5. The van der Waals surface area contributed by atoms with E-state index in [9.17, 15) is 22.9 Å². The average Bonchev–Trinajstić information content (AvgIpc) is 2.88. The van der Waals surface area contributed by atoms with Crippen molar-refractivity contribution in [2.45, 2.75) is 2.94 Å². The van der Waals surface area contributed by atoms with Gasteiger partial charge in [-0.2, -0.15) is 8.42 Å². The molecule has 0 amide bonds. The molecule has 29 heavy (non-hydrogen) atoms. The van der Waals surface area contributed by atoms with E-state index in [4.69, 9.17) is 4.74 Å². The lowest BCUT2D eigenvalue weighted by Gasteiger charge is -2.19. The van der Waals surface area contributed by atoms with Crippen molar-refractivity contribution < 1.29 is 27.6 Å². The van der Waals surface area contributed by atoms with Crippen LogP contribution in [0.4, 0.5) is 0 Å². The third-order valence-electron chi connectivity index (χ3n) is 3.32. The Morgan fingerprint density at radius 2 is 1.52 bits per heavy atom. The summed E-state index contributed by atoms with van der Waals surface area (Å²) in [6.07, 6.45) is 0. The number of ether oxygens (including phenoxy) is 1. The van der Waals surface area contributed by atoms with E-state index >= 15 is 0 Å². The fourth-order valence-corrected chi connectivity index (χ4v) is 8.60. The molecule has 0 aliphatic carbocycles. The molecule has 1 aliphatic rings. The van der Waals surface area contributed by atoms with Crippen molar-refractivity contribution in [1.82, 2.24) is 0 Å². The number of rotatable bonds is 1. The number of alkyl halides is 1. The molecule has 0 saturated carbocycles. The Hall–Kier alpha value is 2.46. The van der Waals surface area contributed by atoms with Gasteiger partial charge in [0, 0.05) is 19.7 Å². The molecule has 0 bridgehead atoms. The molecule has 0 fully saturated rings. The molecule has 2 aromatic carbocycles. The molecule has 3 rings (SSSR count). The number of benzene rings is 2. The number of phenols is 1. The van der Waals surface area contributed by atoms with Gasteiger partial charge in [0.15, 0.2) is 0 Å². The van der Waals surface area contributed by atoms with Gasteiger partial charge in [-0.05, 0) is 166 Å². The van der Waals surface area contributed by atoms with Gasteiger partial charge >= 0.3 is 19.0 Å². The van der Waals surface area contributed by atoms with Gasteiger partial charge in [0.1, 0.15) is 5.75 Å². The quantitative estimate of drug-likeness (QED) is 0.0765. The molecule has 15 heteroatoms. The van der Waals surface area contributed by atoms with Crippen LogP contribution in [0.5, 0.6) is 5.75 Å². The summed E-state index contributed by atoms with van der Waals surface area (Å²) in [7, 11) is -4.57. The summed E-state index contributed by atoms with van der Waals surface area (Å²) < 4.78 is 40.4. The summed E-state index contributed by atoms with van der Waals surface area (Å²) >= 11 is 20.6. The van der Waals surface area contributed by atoms with Gasteiger partial charge in [-0.15, -0.1) is 0 Å². The summed E-state index contributed by atoms with van der Waals surface area (Å²) in [5.41, 5.74) is 0.372. The molecule has 1 unspecified atom stereocenters. The lowest BCUT2D eigenvalue weighted by atomic mass is 10.1. The molecule has 2 N–H and O–H groups in total. The molecule has 2 aromatic rings. The SMILES string of the molecule is O=C1OC(I)(S(=O)(=O)O)c2c1cc(I)c(I)c2I.Oc1cc(Br)c(Br)c(Br)c1Br. The molecular formula is C14H4Br4I4O6S. The zero-order valence-electron chi connectivity index (χ0n) is 13.1. The van der Waals surface area contributed by atoms with Gasteiger partial charge in [0.2, 0.25) is 0 Å². The highest BCUT2D eigenvalue weighted by atomic mass is 127. The van der Waals surface area contributed by atoms with Crippen LogP contribution >= 0.6 is 154 Å². The van der Waals surface area contributed by atoms with Gasteiger partial charge in [-0.3, -0.25) is 4.55 Å². The van der Waals surface area contributed by atoms with Crippen LogP contribution in [0.25, 0.3) is 0 Å². The molecule has 0 spiro atoms. The first kappa shape index (κ1) is 27.7. The van der Waals surface area contributed by atoms with Crippen molar-refractivity contribution in [2.24, 2.45) is 0 Å². The topological polar surface area (TPSA) is 101 Å². The molecule has 0 radical (unpaired) electrons. The standard InChI is InChI=1S/C8H2I4O5S.C6H2Br4O/c9-3-1-2-4(6(11)5(3)10)8(12,17-7(2)13)18(14,15)16;7-2-1-3(11)5(9)6(10)4(2)8/h1H,(H,14,15,16);1,11H. The first-order valence-corrected chi connectivity index (χ1v) is 15.6. The van der Waals surface area contributed by atoms with Crippen LogP contribution in [0.1, 0.15) is 15.9 Å². The normalized spacial score (nSPS) is 18.0. The van der Waals surface area contributed by atoms with E-state index in [1.54, 1.807) is 12.1 Å². The number of carbonyl (C=O) groups excluding carboxylic acids is 1. The lowest BCUT2D eigenvalue weighted by molar-refractivity contribution is 0.0468. The van der Waals surface area contributed by atoms with E-state index in [0.717, 1.165) is 20.6 Å². The largest absolute Gasteiger partial charge is 0.507 e. The second-order valence-electron chi connectivity index (χ2n) is 5.13.